The number of nitrogens with zero attached hydrogens (tertiary/aromatic N) is 3. The van der Waals surface area contributed by atoms with Gasteiger partial charge in [-0.2, -0.15) is 0 Å². The highest BCUT2D eigenvalue weighted by Gasteiger charge is 2.12. The maximum atomic E-state index is 5.90. The third kappa shape index (κ3) is 2.75. The Morgan fingerprint density at radius 2 is 2.20 bits per heavy atom. The Balaban J connectivity index is 2.09. The number of alkyl halides is 1. The zero-order chi connectivity index (χ0) is 14.1. The summed E-state index contributed by atoms with van der Waals surface area (Å²) in [7, 11) is 0. The molecule has 0 radical (unpaired) electrons. The van der Waals surface area contributed by atoms with Gasteiger partial charge in [-0.25, -0.2) is 9.97 Å². The van der Waals surface area contributed by atoms with Crippen molar-refractivity contribution in [3.05, 3.63) is 44.6 Å². The number of hydrogen-bond acceptors (Lipinski definition) is 3. The fourth-order valence-electron chi connectivity index (χ4n) is 2.21. The number of aromatic nitrogens is 3. The van der Waals surface area contributed by atoms with E-state index < -0.39 is 0 Å². The van der Waals surface area contributed by atoms with Crippen molar-refractivity contribution >= 4 is 49.9 Å². The van der Waals surface area contributed by atoms with Gasteiger partial charge >= 0.3 is 0 Å². The smallest absolute Gasteiger partial charge is 0.113 e. The topological polar surface area (TPSA) is 30.7 Å². The van der Waals surface area contributed by atoms with E-state index in [1.165, 1.54) is 0 Å². The summed E-state index contributed by atoms with van der Waals surface area (Å²) in [6.45, 7) is 2.76. The molecule has 0 spiro atoms. The van der Waals surface area contributed by atoms with E-state index in [0.29, 0.717) is 5.88 Å². The van der Waals surface area contributed by atoms with Crippen molar-refractivity contribution in [1.82, 2.24) is 14.5 Å². The van der Waals surface area contributed by atoms with E-state index in [9.17, 15) is 0 Å². The number of halogens is 2. The van der Waals surface area contributed by atoms with Gasteiger partial charge in [0.25, 0.3) is 0 Å². The minimum Gasteiger partial charge on any atom is -0.321 e. The average Bonchev–Trinajstić information content (AvgIpc) is 2.96. The van der Waals surface area contributed by atoms with Crippen molar-refractivity contribution in [2.75, 3.05) is 5.88 Å². The molecule has 0 aliphatic rings. The van der Waals surface area contributed by atoms with Crippen LogP contribution < -0.4 is 0 Å². The largest absolute Gasteiger partial charge is 0.321 e. The molecule has 0 N–H and O–H groups in total. The maximum Gasteiger partial charge on any atom is 0.113 e. The molecule has 0 atom stereocenters. The summed E-state index contributed by atoms with van der Waals surface area (Å²) in [5.74, 6) is 1.59. The van der Waals surface area contributed by atoms with Gasteiger partial charge in [0.1, 0.15) is 10.8 Å². The molecule has 6 heteroatoms. The van der Waals surface area contributed by atoms with E-state index in [-0.39, 0.29) is 0 Å². The minimum absolute atomic E-state index is 0.571. The highest BCUT2D eigenvalue weighted by atomic mass is 79.9. The molecular formula is C14H13BrClN3S. The Morgan fingerprint density at radius 3 is 2.90 bits per heavy atom. The first-order valence-electron chi connectivity index (χ1n) is 6.29. The van der Waals surface area contributed by atoms with Gasteiger partial charge in [0.2, 0.25) is 0 Å². The lowest BCUT2D eigenvalue weighted by molar-refractivity contribution is 0.748. The first-order valence-corrected chi connectivity index (χ1v) is 8.49. The van der Waals surface area contributed by atoms with Gasteiger partial charge in [0, 0.05) is 27.8 Å². The van der Waals surface area contributed by atoms with E-state index in [2.05, 4.69) is 41.9 Å². The molecule has 0 aliphatic heterocycles. The lowest BCUT2D eigenvalue weighted by Crippen LogP contribution is -2.05. The first kappa shape index (κ1) is 14.0. The highest BCUT2D eigenvalue weighted by molar-refractivity contribution is 9.10. The van der Waals surface area contributed by atoms with Crippen LogP contribution in [-0.2, 0) is 13.0 Å². The quantitative estimate of drug-likeness (QED) is 0.638. The summed E-state index contributed by atoms with van der Waals surface area (Å²) in [6.07, 6.45) is 0.762. The average molecular weight is 371 g/mol. The summed E-state index contributed by atoms with van der Waals surface area (Å²) in [5.41, 5.74) is 3.18. The lowest BCUT2D eigenvalue weighted by atomic mass is 10.3. The van der Waals surface area contributed by atoms with Crippen molar-refractivity contribution in [2.24, 2.45) is 0 Å². The summed E-state index contributed by atoms with van der Waals surface area (Å²) in [6, 6.07) is 6.14. The Hall–Kier alpha value is -0.910. The molecule has 3 rings (SSSR count). The van der Waals surface area contributed by atoms with Gasteiger partial charge in [-0.1, -0.05) is 15.9 Å². The van der Waals surface area contributed by atoms with Gasteiger partial charge in [0.15, 0.2) is 0 Å². The normalized spacial score (nSPS) is 11.3. The molecule has 20 heavy (non-hydrogen) atoms. The summed E-state index contributed by atoms with van der Waals surface area (Å²) in [4.78, 5) is 9.22. The Labute approximate surface area is 134 Å². The van der Waals surface area contributed by atoms with Gasteiger partial charge in [-0.05, 0) is 25.1 Å². The second kappa shape index (κ2) is 5.84. The molecule has 2 heterocycles. The van der Waals surface area contributed by atoms with E-state index in [4.69, 9.17) is 11.6 Å². The Kier molecular flexibility index (Phi) is 4.10. The van der Waals surface area contributed by atoms with E-state index >= 15 is 0 Å². The van der Waals surface area contributed by atoms with Crippen LogP contribution in [0.3, 0.4) is 0 Å². The number of benzene rings is 1. The standard InChI is InChI=1S/C14H13BrClN3S/c1-9-8-20-14(17-9)7-19-12-6-10(15)2-3-11(12)18-13(19)4-5-16/h2-3,6,8H,4-5,7H2,1H3. The van der Waals surface area contributed by atoms with Crippen molar-refractivity contribution in [1.29, 1.82) is 0 Å². The van der Waals surface area contributed by atoms with Crippen molar-refractivity contribution in [3.63, 3.8) is 0 Å². The number of thiazole rings is 1. The first-order chi connectivity index (χ1) is 9.67. The fourth-order valence-corrected chi connectivity index (χ4v) is 3.49. The molecular weight excluding hydrogens is 358 g/mol. The van der Waals surface area contributed by atoms with Crippen LogP contribution in [0.5, 0.6) is 0 Å². The molecule has 3 aromatic rings. The molecule has 1 aromatic carbocycles. The van der Waals surface area contributed by atoms with Crippen molar-refractivity contribution in [3.8, 4) is 0 Å². The molecule has 0 unspecified atom stereocenters. The van der Waals surface area contributed by atoms with Gasteiger partial charge in [0.05, 0.1) is 17.6 Å². The molecule has 0 amide bonds. The van der Waals surface area contributed by atoms with Crippen molar-refractivity contribution < 1.29 is 0 Å². The minimum atomic E-state index is 0.571. The molecule has 0 bridgehead atoms. The molecule has 0 saturated carbocycles. The predicted octanol–water partition coefficient (Wildman–Crippen LogP) is 4.39. The zero-order valence-electron chi connectivity index (χ0n) is 10.9. The van der Waals surface area contributed by atoms with Crippen LogP contribution in [-0.4, -0.2) is 20.4 Å². The number of rotatable bonds is 4. The highest BCUT2D eigenvalue weighted by Crippen LogP contribution is 2.23. The van der Waals surface area contributed by atoms with Gasteiger partial charge < -0.3 is 4.57 Å². The summed E-state index contributed by atoms with van der Waals surface area (Å²) in [5, 5.41) is 3.17. The monoisotopic (exact) mass is 369 g/mol. The predicted molar refractivity (Wildman–Crippen MR) is 87.8 cm³/mol. The zero-order valence-corrected chi connectivity index (χ0v) is 14.1. The lowest BCUT2D eigenvalue weighted by Gasteiger charge is -2.06. The van der Waals surface area contributed by atoms with E-state index in [0.717, 1.165) is 45.0 Å². The van der Waals surface area contributed by atoms with Gasteiger partial charge in [-0.15, -0.1) is 22.9 Å². The Morgan fingerprint density at radius 1 is 1.35 bits per heavy atom. The van der Waals surface area contributed by atoms with Crippen LogP contribution in [0.4, 0.5) is 0 Å². The summed E-state index contributed by atoms with van der Waals surface area (Å²) >= 11 is 11.1. The Bertz CT molecular complexity index is 750. The second-order valence-electron chi connectivity index (χ2n) is 4.57. The molecule has 2 aromatic heterocycles. The fraction of sp³-hybridized carbons (Fsp3) is 0.286. The van der Waals surface area contributed by atoms with Crippen LogP contribution in [0.2, 0.25) is 0 Å². The van der Waals surface area contributed by atoms with E-state index in [1.54, 1.807) is 11.3 Å². The number of aryl methyl sites for hydroxylation is 2. The third-order valence-corrected chi connectivity index (χ3v) is 4.70. The summed E-state index contributed by atoms with van der Waals surface area (Å²) < 4.78 is 3.26. The van der Waals surface area contributed by atoms with Crippen LogP contribution in [0.1, 0.15) is 16.5 Å². The van der Waals surface area contributed by atoms with Crippen LogP contribution in [0.15, 0.2) is 28.1 Å². The molecule has 0 fully saturated rings. The second-order valence-corrected chi connectivity index (χ2v) is 6.81. The SMILES string of the molecule is Cc1csc(Cn2c(CCCl)nc3ccc(Br)cc32)n1. The van der Waals surface area contributed by atoms with Crippen LogP contribution >= 0.6 is 38.9 Å². The third-order valence-electron chi connectivity index (χ3n) is 3.07. The van der Waals surface area contributed by atoms with Gasteiger partial charge in [-0.3, -0.25) is 0 Å². The molecule has 3 nitrogen and oxygen atoms in total. The molecule has 0 saturated heterocycles. The van der Waals surface area contributed by atoms with Crippen LogP contribution in [0.25, 0.3) is 11.0 Å². The number of imidazole rings is 1. The van der Waals surface area contributed by atoms with Crippen molar-refractivity contribution in [2.45, 2.75) is 19.9 Å². The number of fused-ring (bicyclic) bond motifs is 1. The molecule has 104 valence electrons. The van der Waals surface area contributed by atoms with E-state index in [1.807, 2.05) is 19.1 Å². The molecule has 0 aliphatic carbocycles. The maximum absolute atomic E-state index is 5.90. The number of hydrogen-bond donors (Lipinski definition) is 0. The van der Waals surface area contributed by atoms with Crippen LogP contribution in [0, 0.1) is 6.92 Å².